The van der Waals surface area contributed by atoms with Gasteiger partial charge in [-0.1, -0.05) is 102 Å². The van der Waals surface area contributed by atoms with Crippen LogP contribution in [0.4, 0.5) is 0 Å². The van der Waals surface area contributed by atoms with E-state index in [9.17, 15) is 0 Å². The minimum absolute atomic E-state index is 0.629. The lowest BCUT2D eigenvalue weighted by Gasteiger charge is -2.25. The second kappa shape index (κ2) is 15.4. The van der Waals surface area contributed by atoms with Crippen LogP contribution < -0.4 is 0 Å². The second-order valence-electron chi connectivity index (χ2n) is 9.60. The molecule has 35 heavy (non-hydrogen) atoms. The van der Waals surface area contributed by atoms with Gasteiger partial charge < -0.3 is 0 Å². The summed E-state index contributed by atoms with van der Waals surface area (Å²) in [7, 11) is 0. The Kier molecular flexibility index (Phi) is 13.4. The summed E-state index contributed by atoms with van der Waals surface area (Å²) in [6.07, 6.45) is 8.42. The molecule has 0 amide bonds. The van der Waals surface area contributed by atoms with Crippen LogP contribution in [0.3, 0.4) is 0 Å². The molecule has 0 fully saturated rings. The van der Waals surface area contributed by atoms with Crippen LogP contribution in [0, 0.1) is 13.8 Å². The molecule has 1 aliphatic carbocycles. The SMILES string of the molecule is C=CC(=C)CCCC1=C(C)c2ccc(C(C)CC)cc2CC1=C.CC.CCc1ccc(C)c(C)c1. The maximum Gasteiger partial charge on any atom is -0.00227 e. The number of fused-ring (bicyclic) bond motifs is 1. The first-order chi connectivity index (χ1) is 16.7. The third-order valence-electron chi connectivity index (χ3n) is 7.19. The van der Waals surface area contributed by atoms with Crippen LogP contribution in [-0.4, -0.2) is 0 Å². The van der Waals surface area contributed by atoms with E-state index in [0.717, 1.165) is 37.7 Å². The highest BCUT2D eigenvalue weighted by Gasteiger charge is 2.19. The van der Waals surface area contributed by atoms with Crippen LogP contribution in [0.2, 0.25) is 0 Å². The summed E-state index contributed by atoms with van der Waals surface area (Å²) in [5, 5.41) is 0. The molecule has 0 bridgehead atoms. The molecule has 1 atom stereocenters. The van der Waals surface area contributed by atoms with Crippen molar-refractivity contribution in [3.05, 3.63) is 112 Å². The predicted molar refractivity (Wildman–Crippen MR) is 160 cm³/mol. The third kappa shape index (κ3) is 8.84. The van der Waals surface area contributed by atoms with Crippen LogP contribution >= 0.6 is 0 Å². The molecule has 0 aliphatic heterocycles. The quantitative estimate of drug-likeness (QED) is 0.336. The number of hydrogen-bond acceptors (Lipinski definition) is 0. The largest absolute Gasteiger partial charge is 0.0988 e. The predicted octanol–water partition coefficient (Wildman–Crippen LogP) is 10.9. The normalized spacial score (nSPS) is 13.1. The highest BCUT2D eigenvalue weighted by molar-refractivity contribution is 5.76. The monoisotopic (exact) mass is 470 g/mol. The Morgan fingerprint density at radius 2 is 1.69 bits per heavy atom. The van der Waals surface area contributed by atoms with E-state index in [1.54, 1.807) is 0 Å². The molecule has 1 aliphatic rings. The molecular weight excluding hydrogens is 420 g/mol. The molecule has 190 valence electrons. The van der Waals surface area contributed by atoms with Gasteiger partial charge in [-0.3, -0.25) is 0 Å². The van der Waals surface area contributed by atoms with Gasteiger partial charge in [0.1, 0.15) is 0 Å². The Morgan fingerprint density at radius 3 is 2.26 bits per heavy atom. The summed E-state index contributed by atoms with van der Waals surface area (Å²) in [5.74, 6) is 0.629. The lowest BCUT2D eigenvalue weighted by molar-refractivity contribution is 0.731. The van der Waals surface area contributed by atoms with Gasteiger partial charge in [0.2, 0.25) is 0 Å². The molecule has 0 radical (unpaired) electrons. The van der Waals surface area contributed by atoms with Crippen molar-refractivity contribution in [1.29, 1.82) is 0 Å². The molecule has 3 rings (SSSR count). The van der Waals surface area contributed by atoms with Crippen LogP contribution in [-0.2, 0) is 12.8 Å². The summed E-state index contributed by atoms with van der Waals surface area (Å²) in [5.41, 5.74) is 13.8. The van der Waals surface area contributed by atoms with Crippen molar-refractivity contribution in [3.8, 4) is 0 Å². The summed E-state index contributed by atoms with van der Waals surface area (Å²) in [4.78, 5) is 0. The van der Waals surface area contributed by atoms with Gasteiger partial charge in [-0.2, -0.15) is 0 Å². The lowest BCUT2D eigenvalue weighted by Crippen LogP contribution is -2.08. The lowest BCUT2D eigenvalue weighted by atomic mass is 9.80. The molecule has 1 unspecified atom stereocenters. The number of allylic oxidation sites excluding steroid dienone is 5. The van der Waals surface area contributed by atoms with Crippen molar-refractivity contribution >= 4 is 5.57 Å². The number of aryl methyl sites for hydroxylation is 3. The Bertz CT molecular complexity index is 1030. The zero-order valence-corrected chi connectivity index (χ0v) is 24.0. The van der Waals surface area contributed by atoms with E-state index < -0.39 is 0 Å². The van der Waals surface area contributed by atoms with Gasteiger partial charge in [-0.05, 0) is 115 Å². The first kappa shape index (κ1) is 30.4. The highest BCUT2D eigenvalue weighted by Crippen LogP contribution is 2.37. The van der Waals surface area contributed by atoms with Crippen molar-refractivity contribution in [3.63, 3.8) is 0 Å². The van der Waals surface area contributed by atoms with Crippen LogP contribution in [0.25, 0.3) is 5.57 Å². The average molecular weight is 471 g/mol. The average Bonchev–Trinajstić information content (AvgIpc) is 2.88. The van der Waals surface area contributed by atoms with E-state index in [1.807, 2.05) is 19.9 Å². The van der Waals surface area contributed by atoms with Gasteiger partial charge in [-0.25, -0.2) is 0 Å². The van der Waals surface area contributed by atoms with Gasteiger partial charge >= 0.3 is 0 Å². The zero-order chi connectivity index (χ0) is 26.5. The number of rotatable bonds is 8. The van der Waals surface area contributed by atoms with Crippen molar-refractivity contribution < 1.29 is 0 Å². The fourth-order valence-corrected chi connectivity index (χ4v) is 4.41. The maximum absolute atomic E-state index is 4.36. The second-order valence-corrected chi connectivity index (χ2v) is 9.60. The zero-order valence-electron chi connectivity index (χ0n) is 24.0. The number of benzene rings is 2. The van der Waals surface area contributed by atoms with Crippen LogP contribution in [0.5, 0.6) is 0 Å². The molecule has 0 heteroatoms. The third-order valence-corrected chi connectivity index (χ3v) is 7.19. The summed E-state index contributed by atoms with van der Waals surface area (Å²) < 4.78 is 0. The summed E-state index contributed by atoms with van der Waals surface area (Å²) >= 11 is 0. The van der Waals surface area contributed by atoms with Gasteiger partial charge in [0.25, 0.3) is 0 Å². The van der Waals surface area contributed by atoms with E-state index >= 15 is 0 Å². The van der Waals surface area contributed by atoms with E-state index in [0.29, 0.717) is 5.92 Å². The molecule has 0 heterocycles. The highest BCUT2D eigenvalue weighted by atomic mass is 14.2. The van der Waals surface area contributed by atoms with Crippen molar-refractivity contribution in [2.45, 2.75) is 99.8 Å². The molecule has 2 aromatic carbocycles. The molecule has 0 spiro atoms. The van der Waals surface area contributed by atoms with Gasteiger partial charge in [-0.15, -0.1) is 0 Å². The van der Waals surface area contributed by atoms with Gasteiger partial charge in [0.05, 0.1) is 0 Å². The van der Waals surface area contributed by atoms with Gasteiger partial charge in [0, 0.05) is 0 Å². The fourth-order valence-electron chi connectivity index (χ4n) is 4.41. The summed E-state index contributed by atoms with van der Waals surface area (Å²) in [6.45, 7) is 29.5. The summed E-state index contributed by atoms with van der Waals surface area (Å²) in [6, 6.07) is 13.7. The van der Waals surface area contributed by atoms with Crippen molar-refractivity contribution in [1.82, 2.24) is 0 Å². The molecule has 0 saturated heterocycles. The molecule has 0 aromatic heterocycles. The van der Waals surface area contributed by atoms with Gasteiger partial charge in [0.15, 0.2) is 0 Å². The Labute approximate surface area is 217 Å². The van der Waals surface area contributed by atoms with E-state index in [1.165, 1.54) is 56.5 Å². The molecule has 0 nitrogen and oxygen atoms in total. The van der Waals surface area contributed by atoms with E-state index in [-0.39, 0.29) is 0 Å². The standard InChI is InChI=1S/C23H30.C10H14.C2H6/c1-7-16(3)10-9-11-22-18(5)14-21-15-20(17(4)8-2)12-13-23(21)19(22)6;1-4-10-6-5-8(2)9(3)7-10;1-2/h7,12-13,15,17H,1,3,5,8-11,14H2,2,4,6H3;5-7H,4H2,1-3H3;1-2H3. The van der Waals surface area contributed by atoms with Crippen LogP contribution in [0.1, 0.15) is 107 Å². The minimum Gasteiger partial charge on any atom is -0.0988 e. The van der Waals surface area contributed by atoms with Crippen molar-refractivity contribution in [2.75, 3.05) is 0 Å². The maximum atomic E-state index is 4.36. The topological polar surface area (TPSA) is 0 Å². The fraction of sp³-hybridized carbons (Fsp3) is 0.429. The smallest absolute Gasteiger partial charge is 0.00227 e. The van der Waals surface area contributed by atoms with E-state index in [2.05, 4.69) is 97.7 Å². The van der Waals surface area contributed by atoms with Crippen LogP contribution in [0.15, 0.2) is 78.9 Å². The molecule has 2 aromatic rings. The molecular formula is C35H50. The Balaban J connectivity index is 0.000000425. The van der Waals surface area contributed by atoms with E-state index in [4.69, 9.17) is 0 Å². The first-order valence-corrected chi connectivity index (χ1v) is 13.6. The number of hydrogen-bond donors (Lipinski definition) is 0. The Morgan fingerprint density at radius 1 is 1.00 bits per heavy atom. The molecule has 0 N–H and O–H groups in total. The van der Waals surface area contributed by atoms with Crippen molar-refractivity contribution in [2.24, 2.45) is 0 Å². The molecule has 0 saturated carbocycles. The minimum atomic E-state index is 0.629. The Hall–Kier alpha value is -2.60. The first-order valence-electron chi connectivity index (χ1n) is 13.6.